The lowest BCUT2D eigenvalue weighted by atomic mass is 10.0. The summed E-state index contributed by atoms with van der Waals surface area (Å²) in [6.07, 6.45) is 2.79. The second kappa shape index (κ2) is 7.98. The second-order valence-electron chi connectivity index (χ2n) is 5.95. The molecule has 0 fully saturated rings. The van der Waals surface area contributed by atoms with Crippen LogP contribution in [-0.4, -0.2) is 6.61 Å². The van der Waals surface area contributed by atoms with Crippen molar-refractivity contribution in [1.82, 2.24) is 0 Å². The Morgan fingerprint density at radius 2 is 1.75 bits per heavy atom. The summed E-state index contributed by atoms with van der Waals surface area (Å²) in [5.41, 5.74) is 5.14. The average molecular weight is 276 g/mol. The van der Waals surface area contributed by atoms with Crippen LogP contribution in [-0.2, 0) is 16.1 Å². The predicted octanol–water partition coefficient (Wildman–Crippen LogP) is 5.05. The molecular formula is C18H28O2. The smallest absolute Gasteiger partial charge is 0.127 e. The number of rotatable bonds is 7. The minimum absolute atomic E-state index is 0.600. The van der Waals surface area contributed by atoms with E-state index >= 15 is 0 Å². The van der Waals surface area contributed by atoms with Gasteiger partial charge >= 0.3 is 0 Å². The standard InChI is InChI=1S/C18H28O2/c1-13(2)7-8-20-17(6)11-19-12-18-15(4)9-14(3)10-16(18)5/h9-11,13H,7-8,12H2,1-6H3/b17-11+. The van der Waals surface area contributed by atoms with Crippen LogP contribution in [0.2, 0.25) is 0 Å². The summed E-state index contributed by atoms with van der Waals surface area (Å²) in [6, 6.07) is 4.39. The summed E-state index contributed by atoms with van der Waals surface area (Å²) in [6.45, 7) is 14.1. The van der Waals surface area contributed by atoms with Crippen LogP contribution in [0.4, 0.5) is 0 Å². The normalized spacial score (nSPS) is 11.8. The Morgan fingerprint density at radius 1 is 1.15 bits per heavy atom. The summed E-state index contributed by atoms with van der Waals surface area (Å²) in [7, 11) is 0. The lowest BCUT2D eigenvalue weighted by molar-refractivity contribution is 0.163. The van der Waals surface area contributed by atoms with E-state index < -0.39 is 0 Å². The largest absolute Gasteiger partial charge is 0.495 e. The van der Waals surface area contributed by atoms with Gasteiger partial charge in [0.15, 0.2) is 0 Å². The zero-order valence-electron chi connectivity index (χ0n) is 13.7. The molecule has 0 aliphatic heterocycles. The van der Waals surface area contributed by atoms with E-state index in [-0.39, 0.29) is 0 Å². The zero-order chi connectivity index (χ0) is 15.1. The van der Waals surface area contributed by atoms with E-state index in [2.05, 4.69) is 46.8 Å². The van der Waals surface area contributed by atoms with Crippen molar-refractivity contribution in [2.24, 2.45) is 5.92 Å². The third kappa shape index (κ3) is 5.68. The molecule has 0 spiro atoms. The average Bonchev–Trinajstić information content (AvgIpc) is 2.32. The molecule has 0 aliphatic rings. The van der Waals surface area contributed by atoms with Gasteiger partial charge in [0.25, 0.3) is 0 Å². The molecule has 112 valence electrons. The number of hydrogen-bond donors (Lipinski definition) is 0. The maximum atomic E-state index is 5.65. The van der Waals surface area contributed by atoms with Crippen molar-refractivity contribution < 1.29 is 9.47 Å². The molecule has 0 saturated carbocycles. The van der Waals surface area contributed by atoms with Crippen LogP contribution in [0, 0.1) is 26.7 Å². The number of ether oxygens (including phenoxy) is 2. The predicted molar refractivity (Wildman–Crippen MR) is 84.6 cm³/mol. The van der Waals surface area contributed by atoms with E-state index in [4.69, 9.17) is 9.47 Å². The maximum absolute atomic E-state index is 5.65. The number of benzene rings is 1. The Bertz CT molecular complexity index is 435. The first-order valence-corrected chi connectivity index (χ1v) is 7.38. The van der Waals surface area contributed by atoms with Gasteiger partial charge in [-0.2, -0.15) is 0 Å². The molecule has 0 saturated heterocycles. The molecule has 0 aromatic heterocycles. The third-order valence-corrected chi connectivity index (χ3v) is 3.34. The zero-order valence-corrected chi connectivity index (χ0v) is 13.7. The third-order valence-electron chi connectivity index (χ3n) is 3.34. The van der Waals surface area contributed by atoms with Gasteiger partial charge in [0, 0.05) is 0 Å². The number of allylic oxidation sites excluding steroid dienone is 1. The maximum Gasteiger partial charge on any atom is 0.127 e. The highest BCUT2D eigenvalue weighted by Gasteiger charge is 2.03. The Morgan fingerprint density at radius 3 is 2.30 bits per heavy atom. The van der Waals surface area contributed by atoms with E-state index in [1.807, 2.05) is 6.92 Å². The highest BCUT2D eigenvalue weighted by Crippen LogP contribution is 2.17. The van der Waals surface area contributed by atoms with Crippen molar-refractivity contribution in [3.8, 4) is 0 Å². The summed E-state index contributed by atoms with van der Waals surface area (Å²) >= 11 is 0. The summed E-state index contributed by atoms with van der Waals surface area (Å²) < 4.78 is 11.3. The first-order valence-electron chi connectivity index (χ1n) is 7.38. The molecule has 2 nitrogen and oxygen atoms in total. The highest BCUT2D eigenvalue weighted by molar-refractivity contribution is 5.36. The molecule has 0 atom stereocenters. The van der Waals surface area contributed by atoms with Crippen LogP contribution >= 0.6 is 0 Å². The fraction of sp³-hybridized carbons (Fsp3) is 0.556. The summed E-state index contributed by atoms with van der Waals surface area (Å²) in [5, 5.41) is 0. The van der Waals surface area contributed by atoms with E-state index in [1.54, 1.807) is 6.26 Å². The van der Waals surface area contributed by atoms with Crippen molar-refractivity contribution in [2.45, 2.75) is 54.6 Å². The van der Waals surface area contributed by atoms with Gasteiger partial charge in [0.05, 0.1) is 6.61 Å². The Kier molecular flexibility index (Phi) is 6.63. The fourth-order valence-corrected chi connectivity index (χ4v) is 2.17. The van der Waals surface area contributed by atoms with Gasteiger partial charge in [-0.05, 0) is 56.7 Å². The first-order chi connectivity index (χ1) is 9.40. The molecule has 20 heavy (non-hydrogen) atoms. The monoisotopic (exact) mass is 276 g/mol. The van der Waals surface area contributed by atoms with Crippen LogP contribution in [0.1, 0.15) is 49.4 Å². The van der Waals surface area contributed by atoms with E-state index in [9.17, 15) is 0 Å². The lowest BCUT2D eigenvalue weighted by Crippen LogP contribution is -1.99. The first kappa shape index (κ1) is 16.6. The molecule has 0 bridgehead atoms. The molecule has 0 aliphatic carbocycles. The topological polar surface area (TPSA) is 18.5 Å². The van der Waals surface area contributed by atoms with Crippen LogP contribution in [0.15, 0.2) is 24.2 Å². The molecule has 0 unspecified atom stereocenters. The molecule has 1 rings (SSSR count). The lowest BCUT2D eigenvalue weighted by Gasteiger charge is -2.12. The van der Waals surface area contributed by atoms with Gasteiger partial charge in [0.1, 0.15) is 18.6 Å². The van der Waals surface area contributed by atoms with Crippen LogP contribution in [0.25, 0.3) is 0 Å². The van der Waals surface area contributed by atoms with Crippen molar-refractivity contribution in [3.63, 3.8) is 0 Å². The Labute approximate surface area is 123 Å². The van der Waals surface area contributed by atoms with Crippen molar-refractivity contribution in [1.29, 1.82) is 0 Å². The SMILES string of the molecule is C/C(=C\OCc1c(C)cc(C)cc1C)OCCC(C)C. The molecule has 0 heterocycles. The molecular weight excluding hydrogens is 248 g/mol. The van der Waals surface area contributed by atoms with E-state index in [0.29, 0.717) is 12.5 Å². The highest BCUT2D eigenvalue weighted by atomic mass is 16.5. The molecule has 0 amide bonds. The van der Waals surface area contributed by atoms with Crippen LogP contribution in [0.5, 0.6) is 0 Å². The molecule has 2 heteroatoms. The van der Waals surface area contributed by atoms with E-state index in [0.717, 1.165) is 18.8 Å². The summed E-state index contributed by atoms with van der Waals surface area (Å²) in [5.74, 6) is 1.51. The molecule has 1 aromatic carbocycles. The Hall–Kier alpha value is -1.44. The van der Waals surface area contributed by atoms with Crippen molar-refractivity contribution in [3.05, 3.63) is 46.4 Å². The van der Waals surface area contributed by atoms with Gasteiger partial charge < -0.3 is 9.47 Å². The van der Waals surface area contributed by atoms with E-state index in [1.165, 1.54) is 22.3 Å². The number of hydrogen-bond acceptors (Lipinski definition) is 2. The van der Waals surface area contributed by atoms with Crippen molar-refractivity contribution in [2.75, 3.05) is 6.61 Å². The Balaban J connectivity index is 2.47. The number of aryl methyl sites for hydroxylation is 3. The minimum Gasteiger partial charge on any atom is -0.495 e. The van der Waals surface area contributed by atoms with Crippen molar-refractivity contribution >= 4 is 0 Å². The van der Waals surface area contributed by atoms with Crippen LogP contribution < -0.4 is 0 Å². The molecule has 1 aromatic rings. The summed E-state index contributed by atoms with van der Waals surface area (Å²) in [4.78, 5) is 0. The van der Waals surface area contributed by atoms with Gasteiger partial charge in [-0.3, -0.25) is 0 Å². The van der Waals surface area contributed by atoms with Gasteiger partial charge in [-0.1, -0.05) is 31.5 Å². The van der Waals surface area contributed by atoms with Gasteiger partial charge in [-0.15, -0.1) is 0 Å². The quantitative estimate of drug-likeness (QED) is 0.649. The molecule has 0 N–H and O–H groups in total. The molecule has 0 radical (unpaired) electrons. The minimum atomic E-state index is 0.600. The second-order valence-corrected chi connectivity index (χ2v) is 5.95. The van der Waals surface area contributed by atoms with Gasteiger partial charge in [0.2, 0.25) is 0 Å². The van der Waals surface area contributed by atoms with Gasteiger partial charge in [-0.25, -0.2) is 0 Å². The fourth-order valence-electron chi connectivity index (χ4n) is 2.17. The van der Waals surface area contributed by atoms with Crippen LogP contribution in [0.3, 0.4) is 0 Å².